The van der Waals surface area contributed by atoms with Crippen molar-refractivity contribution in [2.45, 2.75) is 234 Å². The van der Waals surface area contributed by atoms with E-state index >= 15 is 0 Å². The van der Waals surface area contributed by atoms with Crippen molar-refractivity contribution in [3.63, 3.8) is 0 Å². The monoisotopic (exact) mass is 1500 g/mol. The van der Waals surface area contributed by atoms with E-state index in [1.54, 1.807) is 13.8 Å². The van der Waals surface area contributed by atoms with E-state index < -0.39 is 23.4 Å². The number of carbonyl (C=O) groups excluding carboxylic acids is 6. The largest absolute Gasteiger partial charge is 2.00 e. The summed E-state index contributed by atoms with van der Waals surface area (Å²) in [6, 6.07) is 21.9. The van der Waals surface area contributed by atoms with Crippen molar-refractivity contribution in [3.8, 4) is 0 Å². The molecule has 0 N–H and O–H groups in total. The SMILES string of the molecule is CC(=Nc1c(C)cc(C)cc1C)C(=O)[N-]C(C)(C)C.CC(=Nc1c(C)cc(C)cc1C)C(=O)[N-]c1c(C)cc(C)cc1C.CC(=O)C(=O)[N-]c1c(C)cc(C)cc1C.CC(=O)C(=O)[N-]c1c(C)cccc1C.CC(C)C.CC(C)C.CC(C)C.CC(C)C.[CH3-].[CH3-].[CH3-].[CH3-].[Ni+2].[Ni+2].[Ni+2].[Ni+2]. The fraction of sp³-hybridized carbons (Fsp3) is 0.475. The fourth-order valence-electron chi connectivity index (χ4n) is 7.74. The second-order valence-corrected chi connectivity index (χ2v) is 26.5. The Morgan fingerprint density at radius 1 is 0.323 bits per heavy atom. The Morgan fingerprint density at radius 3 is 0.719 bits per heavy atom. The molecule has 0 saturated heterocycles. The van der Waals surface area contributed by atoms with Gasteiger partial charge in [-0.05, 0) is 157 Å². The maximum Gasteiger partial charge on any atom is 2.00 e. The molecular formula is C80H126N6Ni4O6. The maximum absolute atomic E-state index is 12.5. The van der Waals surface area contributed by atoms with E-state index in [1.807, 2.05) is 146 Å². The Bertz CT molecular complexity index is 3020. The molecule has 0 bridgehead atoms. The van der Waals surface area contributed by atoms with E-state index in [2.05, 4.69) is 152 Å². The van der Waals surface area contributed by atoms with Crippen molar-refractivity contribution in [2.75, 3.05) is 0 Å². The van der Waals surface area contributed by atoms with Gasteiger partial charge in [0.2, 0.25) is 0 Å². The van der Waals surface area contributed by atoms with Gasteiger partial charge >= 0.3 is 66.0 Å². The predicted molar refractivity (Wildman–Crippen MR) is 405 cm³/mol. The molecule has 5 aromatic carbocycles. The molecule has 5 aromatic rings. The van der Waals surface area contributed by atoms with Gasteiger partial charge in [0.05, 0.1) is 34.6 Å². The van der Waals surface area contributed by atoms with Crippen LogP contribution in [0.3, 0.4) is 0 Å². The molecule has 0 atom stereocenters. The average molecular weight is 1500 g/mol. The third kappa shape index (κ3) is 52.7. The van der Waals surface area contributed by atoms with Crippen LogP contribution in [0.25, 0.3) is 21.3 Å². The normalized spacial score (nSPS) is 9.80. The van der Waals surface area contributed by atoms with Crippen LogP contribution >= 0.6 is 0 Å². The summed E-state index contributed by atoms with van der Waals surface area (Å²) < 4.78 is 0. The zero-order valence-corrected chi connectivity index (χ0v) is 70.0. The minimum atomic E-state index is -0.692. The number of carbonyl (C=O) groups is 6. The molecule has 0 heterocycles. The Kier molecular flexibility index (Phi) is 68.8. The summed E-state index contributed by atoms with van der Waals surface area (Å²) in [4.78, 5) is 77.3. The molecule has 0 spiro atoms. The van der Waals surface area contributed by atoms with Gasteiger partial charge in [0.25, 0.3) is 0 Å². The van der Waals surface area contributed by atoms with Gasteiger partial charge in [-0.25, -0.2) is 0 Å². The molecule has 0 aliphatic carbocycles. The first kappa shape index (κ1) is 115. The van der Waals surface area contributed by atoms with E-state index in [0.717, 1.165) is 102 Å². The zero-order chi connectivity index (χ0) is 69.4. The first-order valence-electron chi connectivity index (χ1n) is 30.7. The van der Waals surface area contributed by atoms with Crippen LogP contribution in [-0.2, 0) is 94.7 Å². The number of rotatable bonds is 9. The molecule has 96 heavy (non-hydrogen) atoms. The molecule has 12 nitrogen and oxygen atoms in total. The zero-order valence-electron chi connectivity index (χ0n) is 66.1. The third-order valence-electron chi connectivity index (χ3n) is 10.8. The van der Waals surface area contributed by atoms with E-state index in [4.69, 9.17) is 0 Å². The van der Waals surface area contributed by atoms with Crippen molar-refractivity contribution >= 4 is 75.1 Å². The molecular weight excluding hydrogens is 1380 g/mol. The van der Waals surface area contributed by atoms with Gasteiger partial charge in [-0.3, -0.25) is 19.6 Å². The van der Waals surface area contributed by atoms with E-state index in [0.29, 0.717) is 22.8 Å². The van der Waals surface area contributed by atoms with Gasteiger partial charge in [-0.1, -0.05) is 226 Å². The Balaban J connectivity index is -0.000000102. The molecule has 0 unspecified atom stereocenters. The second-order valence-electron chi connectivity index (χ2n) is 26.5. The number of hydrogen-bond acceptors (Lipinski definition) is 8. The molecule has 0 aromatic heterocycles. The van der Waals surface area contributed by atoms with Crippen LogP contribution in [0.15, 0.2) is 76.7 Å². The van der Waals surface area contributed by atoms with Gasteiger partial charge in [-0.2, -0.15) is 0 Å². The van der Waals surface area contributed by atoms with Gasteiger partial charge in [0, 0.05) is 13.8 Å². The Labute approximate surface area is 628 Å². The summed E-state index contributed by atoms with van der Waals surface area (Å²) in [6.07, 6.45) is 0. The number of aliphatic imine (C=N–C) groups is 2. The van der Waals surface area contributed by atoms with Crippen molar-refractivity contribution < 1.29 is 94.7 Å². The van der Waals surface area contributed by atoms with Crippen molar-refractivity contribution in [1.82, 2.24) is 0 Å². The van der Waals surface area contributed by atoms with E-state index in [-0.39, 0.29) is 113 Å². The molecule has 0 aliphatic heterocycles. The number of ketones is 2. The number of hydrogen-bond donors (Lipinski definition) is 0. The summed E-state index contributed by atoms with van der Waals surface area (Å²) in [6.45, 7) is 65.2. The smallest absolute Gasteiger partial charge is 0.643 e. The topological polar surface area (TPSA) is 184 Å². The van der Waals surface area contributed by atoms with Crippen LogP contribution in [0.1, 0.15) is 209 Å². The minimum Gasteiger partial charge on any atom is -0.643 e. The quantitative estimate of drug-likeness (QED) is 0.0612. The van der Waals surface area contributed by atoms with Crippen molar-refractivity contribution in [2.24, 2.45) is 33.7 Å². The number of para-hydroxylation sites is 1. The molecule has 0 radical (unpaired) electrons. The molecule has 4 amide bonds. The Morgan fingerprint density at radius 2 is 0.510 bits per heavy atom. The molecule has 0 saturated carbocycles. The second kappa shape index (κ2) is 57.5. The standard InChI is InChI=1S/C21H26N2O.C16H24N2O.C12H15NO2.C11H13NO2.4C4H10.4CH3.4Ni/c1-12-8-14(3)19(15(4)9-12)22-18(7)21(24)23-20-16(5)10-13(2)11-17(20)6;1-10-8-11(2)14(12(3)9-10)17-13(4)15(19)18-16(5,6)7;1-7-5-8(2)11(9(3)6-7)13-12(15)10(4)14;1-7-5-4-6-8(2)10(7)12-11(14)9(3)13;4*1-4(2)3;;;;;;;;/h8-11H,1-7H3,(H,23,24);8-9H,1-7H3,(H,18,19);5-6H,1-4H3,(H,13,15);4-6H,1-3H3,(H,12,14);4*4H,1-3H3;4*1H3;;;;/q;;;;;;;;4*-1;4*+2/p-4. The molecule has 552 valence electrons. The van der Waals surface area contributed by atoms with E-state index in [9.17, 15) is 28.8 Å². The van der Waals surface area contributed by atoms with E-state index in [1.165, 1.54) is 30.5 Å². The van der Waals surface area contributed by atoms with Crippen molar-refractivity contribution in [3.05, 3.63) is 196 Å². The molecule has 0 fully saturated rings. The van der Waals surface area contributed by atoms with Crippen LogP contribution in [0.2, 0.25) is 0 Å². The maximum atomic E-state index is 12.5. The summed E-state index contributed by atoms with van der Waals surface area (Å²) in [5.41, 5.74) is 18.8. The molecule has 0 aliphatic rings. The van der Waals surface area contributed by atoms with Crippen LogP contribution in [0.4, 0.5) is 28.4 Å². The minimum absolute atomic E-state index is 0. The number of benzene rings is 5. The first-order valence-corrected chi connectivity index (χ1v) is 30.7. The van der Waals surface area contributed by atoms with Crippen LogP contribution in [-0.4, -0.2) is 52.2 Å². The number of aryl methyl sites for hydroxylation is 14. The Hall–Kier alpha value is -5.37. The van der Waals surface area contributed by atoms with Gasteiger partial charge in [0.15, 0.2) is 11.6 Å². The summed E-state index contributed by atoms with van der Waals surface area (Å²) in [7, 11) is 0. The molecule has 16 heteroatoms. The summed E-state index contributed by atoms with van der Waals surface area (Å²) in [5.74, 6) is 0.353. The predicted octanol–water partition coefficient (Wildman–Crippen LogP) is 23.9. The average Bonchev–Trinajstić information content (AvgIpc) is 0.864. The summed E-state index contributed by atoms with van der Waals surface area (Å²) in [5, 5.41) is 16.0. The number of Topliss-reactive ketones (excluding diaryl/α,β-unsaturated/α-hetero) is 2. The van der Waals surface area contributed by atoms with Crippen molar-refractivity contribution in [1.29, 1.82) is 0 Å². The number of nitrogens with zero attached hydrogens (tertiary/aromatic N) is 6. The fourth-order valence-corrected chi connectivity index (χ4v) is 7.74. The summed E-state index contributed by atoms with van der Waals surface area (Å²) >= 11 is 0. The van der Waals surface area contributed by atoms with Crippen LogP contribution in [0, 0.1) is 150 Å². The van der Waals surface area contributed by atoms with Crippen LogP contribution in [0.5, 0.6) is 0 Å². The van der Waals surface area contributed by atoms with Gasteiger partial charge < -0.3 is 70.2 Å². The van der Waals surface area contributed by atoms with Gasteiger partial charge in [-0.15, -0.1) is 22.6 Å². The third-order valence-corrected chi connectivity index (χ3v) is 10.8. The van der Waals surface area contributed by atoms with Gasteiger partial charge in [0.1, 0.15) is 11.8 Å². The molecule has 5 rings (SSSR count). The number of amides is 4. The van der Waals surface area contributed by atoms with Crippen LogP contribution < -0.4 is 0 Å². The first-order chi connectivity index (χ1) is 40.1.